The van der Waals surface area contributed by atoms with E-state index in [1.165, 1.54) is 17.0 Å². The van der Waals surface area contributed by atoms with Gasteiger partial charge < -0.3 is 9.88 Å². The Morgan fingerprint density at radius 3 is 3.11 bits per heavy atom. The molecule has 2 aromatic heterocycles. The molecular formula is C13H19N5. The first-order valence-corrected chi connectivity index (χ1v) is 6.59. The maximum atomic E-state index is 4.49. The maximum Gasteiger partial charge on any atom is 0.123 e. The summed E-state index contributed by atoms with van der Waals surface area (Å²) in [7, 11) is 0. The molecule has 0 aromatic carbocycles. The second-order valence-corrected chi connectivity index (χ2v) is 4.75. The molecule has 1 N–H and O–H groups in total. The summed E-state index contributed by atoms with van der Waals surface area (Å²) in [4.78, 5) is 4.49. The van der Waals surface area contributed by atoms with Crippen LogP contribution in [0, 0.1) is 6.92 Å². The van der Waals surface area contributed by atoms with E-state index in [9.17, 15) is 0 Å². The number of hydrogen-bond acceptors (Lipinski definition) is 3. The minimum absolute atomic E-state index is 0.863. The predicted octanol–water partition coefficient (Wildman–Crippen LogP) is 1.57. The van der Waals surface area contributed by atoms with Crippen LogP contribution >= 0.6 is 0 Å². The van der Waals surface area contributed by atoms with Crippen molar-refractivity contribution in [2.75, 3.05) is 6.54 Å². The van der Waals surface area contributed by atoms with Crippen LogP contribution in [-0.2, 0) is 19.6 Å². The molecule has 0 saturated heterocycles. The monoisotopic (exact) mass is 245 g/mol. The average Bonchev–Trinajstić information content (AvgIpc) is 2.95. The number of nitrogens with zero attached hydrogens (tertiary/aromatic N) is 4. The van der Waals surface area contributed by atoms with Crippen molar-refractivity contribution in [3.8, 4) is 11.3 Å². The third-order valence-corrected chi connectivity index (χ3v) is 3.55. The van der Waals surface area contributed by atoms with Gasteiger partial charge >= 0.3 is 0 Å². The van der Waals surface area contributed by atoms with Gasteiger partial charge in [0, 0.05) is 30.9 Å². The van der Waals surface area contributed by atoms with Crippen molar-refractivity contribution in [1.82, 2.24) is 24.6 Å². The van der Waals surface area contributed by atoms with E-state index in [-0.39, 0.29) is 0 Å². The van der Waals surface area contributed by atoms with Crippen molar-refractivity contribution in [3.05, 3.63) is 23.9 Å². The van der Waals surface area contributed by atoms with Crippen LogP contribution in [0.4, 0.5) is 0 Å². The lowest BCUT2D eigenvalue weighted by atomic mass is 10.2. The van der Waals surface area contributed by atoms with Crippen LogP contribution in [0.1, 0.15) is 24.9 Å². The topological polar surface area (TPSA) is 47.7 Å². The van der Waals surface area contributed by atoms with Crippen molar-refractivity contribution < 1.29 is 0 Å². The molecule has 0 atom stereocenters. The van der Waals surface area contributed by atoms with E-state index in [4.69, 9.17) is 0 Å². The lowest BCUT2D eigenvalue weighted by molar-refractivity contribution is 0.508. The Balaban J connectivity index is 2.02. The molecule has 0 saturated carbocycles. The van der Waals surface area contributed by atoms with Crippen molar-refractivity contribution in [1.29, 1.82) is 0 Å². The van der Waals surface area contributed by atoms with Crippen LogP contribution in [0.5, 0.6) is 0 Å². The Morgan fingerprint density at radius 2 is 2.28 bits per heavy atom. The molecule has 0 spiro atoms. The highest BCUT2D eigenvalue weighted by Gasteiger charge is 2.17. The normalized spacial score (nSPS) is 14.8. The summed E-state index contributed by atoms with van der Waals surface area (Å²) >= 11 is 0. The van der Waals surface area contributed by atoms with Crippen molar-refractivity contribution >= 4 is 0 Å². The smallest absolute Gasteiger partial charge is 0.123 e. The van der Waals surface area contributed by atoms with E-state index < -0.39 is 0 Å². The first-order chi connectivity index (χ1) is 8.81. The van der Waals surface area contributed by atoms with Crippen LogP contribution in [0.2, 0.25) is 0 Å². The fourth-order valence-corrected chi connectivity index (χ4v) is 2.55. The molecular weight excluding hydrogens is 226 g/mol. The Labute approximate surface area is 107 Å². The minimum Gasteiger partial charge on any atom is -0.326 e. The van der Waals surface area contributed by atoms with Crippen LogP contribution in [-0.4, -0.2) is 25.9 Å². The molecule has 1 aliphatic rings. The number of aryl methyl sites for hydroxylation is 1. The minimum atomic E-state index is 0.863. The summed E-state index contributed by atoms with van der Waals surface area (Å²) in [5, 5.41) is 7.81. The predicted molar refractivity (Wildman–Crippen MR) is 70.2 cm³/mol. The van der Waals surface area contributed by atoms with Crippen molar-refractivity contribution in [2.45, 2.75) is 39.9 Å². The van der Waals surface area contributed by atoms with Crippen LogP contribution < -0.4 is 5.32 Å². The second-order valence-electron chi connectivity index (χ2n) is 4.75. The Kier molecular flexibility index (Phi) is 2.91. The fourth-order valence-electron chi connectivity index (χ4n) is 2.55. The quantitative estimate of drug-likeness (QED) is 0.893. The van der Waals surface area contributed by atoms with E-state index in [2.05, 4.69) is 38.5 Å². The molecule has 0 aliphatic carbocycles. The number of imidazole rings is 1. The van der Waals surface area contributed by atoms with Crippen molar-refractivity contribution in [2.24, 2.45) is 0 Å². The van der Waals surface area contributed by atoms with Gasteiger partial charge in [-0.2, -0.15) is 5.10 Å². The van der Waals surface area contributed by atoms with E-state index in [1.807, 2.05) is 12.4 Å². The van der Waals surface area contributed by atoms with E-state index in [0.717, 1.165) is 38.4 Å². The number of aromatic nitrogens is 4. The zero-order chi connectivity index (χ0) is 12.5. The van der Waals surface area contributed by atoms with Crippen LogP contribution in [0.25, 0.3) is 11.3 Å². The summed E-state index contributed by atoms with van der Waals surface area (Å²) in [5.41, 5.74) is 3.65. The highest BCUT2D eigenvalue weighted by Crippen LogP contribution is 2.25. The van der Waals surface area contributed by atoms with Crippen molar-refractivity contribution in [3.63, 3.8) is 0 Å². The molecule has 3 rings (SSSR count). The van der Waals surface area contributed by atoms with Gasteiger partial charge in [-0.25, -0.2) is 4.98 Å². The highest BCUT2D eigenvalue weighted by atomic mass is 15.3. The summed E-state index contributed by atoms with van der Waals surface area (Å²) in [6.07, 6.45) is 5.05. The summed E-state index contributed by atoms with van der Waals surface area (Å²) in [6, 6.07) is 0. The largest absolute Gasteiger partial charge is 0.326 e. The molecule has 0 bridgehead atoms. The third-order valence-electron chi connectivity index (χ3n) is 3.55. The Bertz CT molecular complexity index is 552. The molecule has 1 aliphatic heterocycles. The Morgan fingerprint density at radius 1 is 1.39 bits per heavy atom. The second kappa shape index (κ2) is 4.57. The number of rotatable bonds is 3. The molecule has 3 heterocycles. The van der Waals surface area contributed by atoms with Gasteiger partial charge in [0.25, 0.3) is 0 Å². The molecule has 5 nitrogen and oxygen atoms in total. The lowest BCUT2D eigenvalue weighted by Crippen LogP contribution is -2.28. The molecule has 0 amide bonds. The number of hydrogen-bond donors (Lipinski definition) is 1. The molecule has 18 heavy (non-hydrogen) atoms. The first kappa shape index (κ1) is 11.5. The lowest BCUT2D eigenvalue weighted by Gasteiger charge is -2.17. The summed E-state index contributed by atoms with van der Waals surface area (Å²) in [5.74, 6) is 1.12. The SMILES string of the molecule is CCCn1ncc(-c2cnc3n2CCNC3)c1C. The van der Waals surface area contributed by atoms with Gasteiger partial charge in [0.1, 0.15) is 5.82 Å². The van der Waals surface area contributed by atoms with E-state index in [0.29, 0.717) is 0 Å². The fraction of sp³-hybridized carbons (Fsp3) is 0.538. The molecule has 0 fully saturated rings. The van der Waals surface area contributed by atoms with E-state index in [1.54, 1.807) is 0 Å². The van der Waals surface area contributed by atoms with Gasteiger partial charge in [0.05, 0.1) is 24.6 Å². The van der Waals surface area contributed by atoms with Crippen LogP contribution in [0.15, 0.2) is 12.4 Å². The summed E-state index contributed by atoms with van der Waals surface area (Å²) in [6.45, 7) is 8.16. The molecule has 0 radical (unpaired) electrons. The average molecular weight is 245 g/mol. The Hall–Kier alpha value is -1.62. The van der Waals surface area contributed by atoms with E-state index >= 15 is 0 Å². The van der Waals surface area contributed by atoms with Gasteiger partial charge in [-0.1, -0.05) is 6.92 Å². The number of fused-ring (bicyclic) bond motifs is 1. The van der Waals surface area contributed by atoms with Gasteiger partial charge in [-0.15, -0.1) is 0 Å². The number of nitrogens with one attached hydrogen (secondary N) is 1. The molecule has 5 heteroatoms. The molecule has 96 valence electrons. The van der Waals surface area contributed by atoms with Crippen LogP contribution in [0.3, 0.4) is 0 Å². The summed E-state index contributed by atoms with van der Waals surface area (Å²) < 4.78 is 4.38. The zero-order valence-electron chi connectivity index (χ0n) is 11.0. The zero-order valence-corrected chi connectivity index (χ0v) is 11.0. The third kappa shape index (κ3) is 1.75. The van der Waals surface area contributed by atoms with Gasteiger partial charge in [0.15, 0.2) is 0 Å². The molecule has 2 aromatic rings. The molecule has 0 unspecified atom stereocenters. The van der Waals surface area contributed by atoms with Gasteiger partial charge in [-0.3, -0.25) is 4.68 Å². The standard InChI is InChI=1S/C13H19N5/c1-3-5-18-10(2)11(7-16-18)12-8-15-13-9-14-4-6-17(12)13/h7-8,14H,3-6,9H2,1-2H3. The van der Waals surface area contributed by atoms with Gasteiger partial charge in [0.2, 0.25) is 0 Å². The first-order valence-electron chi connectivity index (χ1n) is 6.59. The van der Waals surface area contributed by atoms with Gasteiger partial charge in [-0.05, 0) is 13.3 Å². The highest BCUT2D eigenvalue weighted by molar-refractivity contribution is 5.61. The maximum absolute atomic E-state index is 4.49.